The van der Waals surface area contributed by atoms with Crippen LogP contribution in [0.5, 0.6) is 0 Å². The average molecular weight is 587 g/mol. The van der Waals surface area contributed by atoms with E-state index in [9.17, 15) is 9.65 Å². The van der Waals surface area contributed by atoms with E-state index >= 15 is 4.39 Å². The summed E-state index contributed by atoms with van der Waals surface area (Å²) in [4.78, 5) is 13.6. The molecule has 7 rings (SSSR count). The highest BCUT2D eigenvalue weighted by Crippen LogP contribution is 2.43. The number of pyridine rings is 2. The molecule has 1 N–H and O–H groups in total. The quantitative estimate of drug-likeness (QED) is 0.283. The predicted molar refractivity (Wildman–Crippen MR) is 161 cm³/mol. The number of benzene rings is 2. The summed E-state index contributed by atoms with van der Waals surface area (Å²) in [7, 11) is 4.10. The Morgan fingerprint density at radius 1 is 1.14 bits per heavy atom. The van der Waals surface area contributed by atoms with Gasteiger partial charge in [0.15, 0.2) is 5.82 Å². The van der Waals surface area contributed by atoms with E-state index in [1.54, 1.807) is 24.4 Å². The van der Waals surface area contributed by atoms with Crippen molar-refractivity contribution in [3.63, 3.8) is 0 Å². The van der Waals surface area contributed by atoms with Gasteiger partial charge in [0.1, 0.15) is 17.2 Å². The SMILES string of the molecule is CN(C)C1CN(c2nc3c(F)c(-c4ccc(F)c5cccnc45)c(Cl)cc3c3c2cnn3C2CCN[C@H](CC#N)C2)C1. The van der Waals surface area contributed by atoms with Gasteiger partial charge < -0.3 is 15.1 Å². The minimum Gasteiger partial charge on any atom is -0.353 e. The van der Waals surface area contributed by atoms with Crippen LogP contribution in [0.3, 0.4) is 0 Å². The molecule has 0 amide bonds. The van der Waals surface area contributed by atoms with Crippen LogP contribution in [-0.4, -0.2) is 70.5 Å². The summed E-state index contributed by atoms with van der Waals surface area (Å²) in [5, 5.41) is 19.4. The lowest BCUT2D eigenvalue weighted by Gasteiger charge is -2.43. The lowest BCUT2D eigenvalue weighted by Crippen LogP contribution is -2.57. The molecule has 1 unspecified atom stereocenters. The molecule has 2 aromatic carbocycles. The number of hydrogen-bond acceptors (Lipinski definition) is 7. The van der Waals surface area contributed by atoms with Crippen LogP contribution in [0.25, 0.3) is 43.8 Å². The smallest absolute Gasteiger partial charge is 0.158 e. The van der Waals surface area contributed by atoms with Crippen LogP contribution in [0.4, 0.5) is 14.6 Å². The van der Waals surface area contributed by atoms with Gasteiger partial charge in [-0.1, -0.05) is 11.6 Å². The maximum absolute atomic E-state index is 16.8. The summed E-state index contributed by atoms with van der Waals surface area (Å²) in [6, 6.07) is 10.6. The Morgan fingerprint density at radius 3 is 2.76 bits per heavy atom. The number of anilines is 1. The first kappa shape index (κ1) is 27.0. The molecule has 0 bridgehead atoms. The molecule has 0 spiro atoms. The first-order chi connectivity index (χ1) is 20.4. The fourth-order valence-corrected chi connectivity index (χ4v) is 6.68. The molecule has 0 saturated carbocycles. The summed E-state index contributed by atoms with van der Waals surface area (Å²) in [6.45, 7) is 2.28. The van der Waals surface area contributed by atoms with Crippen LogP contribution < -0.4 is 10.2 Å². The maximum atomic E-state index is 16.8. The van der Waals surface area contributed by atoms with Crippen molar-refractivity contribution >= 4 is 50.1 Å². The summed E-state index contributed by atoms with van der Waals surface area (Å²) in [6.07, 6.45) is 5.34. The van der Waals surface area contributed by atoms with Crippen molar-refractivity contribution in [2.75, 3.05) is 38.6 Å². The molecule has 0 radical (unpaired) electrons. The van der Waals surface area contributed by atoms with Gasteiger partial charge in [-0.25, -0.2) is 13.8 Å². The van der Waals surface area contributed by atoms with Crippen molar-refractivity contribution in [2.24, 2.45) is 0 Å². The molecule has 5 heterocycles. The van der Waals surface area contributed by atoms with Gasteiger partial charge in [0.2, 0.25) is 0 Å². The number of rotatable bonds is 5. The van der Waals surface area contributed by atoms with Crippen LogP contribution in [0, 0.1) is 23.0 Å². The van der Waals surface area contributed by atoms with E-state index < -0.39 is 11.6 Å². The van der Waals surface area contributed by atoms with Gasteiger partial charge in [-0.15, -0.1) is 0 Å². The van der Waals surface area contributed by atoms with E-state index in [1.807, 2.05) is 25.0 Å². The summed E-state index contributed by atoms with van der Waals surface area (Å²) in [5.74, 6) is -0.335. The van der Waals surface area contributed by atoms with E-state index in [1.165, 1.54) is 12.1 Å². The lowest BCUT2D eigenvalue weighted by atomic mass is 9.96. The van der Waals surface area contributed by atoms with Crippen LogP contribution in [0.1, 0.15) is 25.3 Å². The van der Waals surface area contributed by atoms with Gasteiger partial charge in [-0.2, -0.15) is 10.4 Å². The largest absolute Gasteiger partial charge is 0.353 e. The number of halogens is 3. The zero-order valence-electron chi connectivity index (χ0n) is 23.3. The molecule has 2 atom stereocenters. The number of piperidine rings is 1. The second kappa shape index (κ2) is 10.4. The minimum atomic E-state index is -0.579. The van der Waals surface area contributed by atoms with Gasteiger partial charge in [0.05, 0.1) is 46.2 Å². The normalized spacial score (nSPS) is 19.6. The van der Waals surface area contributed by atoms with Crippen molar-refractivity contribution in [3.05, 3.63) is 59.4 Å². The molecule has 3 aromatic heterocycles. The molecule has 2 aliphatic rings. The van der Waals surface area contributed by atoms with Gasteiger partial charge in [-0.3, -0.25) is 9.67 Å². The third-order valence-corrected chi connectivity index (χ3v) is 9.03. The number of fused-ring (bicyclic) bond motifs is 4. The predicted octanol–water partition coefficient (Wildman–Crippen LogP) is 5.69. The van der Waals surface area contributed by atoms with E-state index in [-0.39, 0.29) is 28.2 Å². The van der Waals surface area contributed by atoms with Gasteiger partial charge >= 0.3 is 0 Å². The van der Waals surface area contributed by atoms with E-state index in [2.05, 4.69) is 26.2 Å². The van der Waals surface area contributed by atoms with Crippen molar-refractivity contribution < 1.29 is 8.78 Å². The first-order valence-electron chi connectivity index (χ1n) is 14.1. The van der Waals surface area contributed by atoms with Gasteiger partial charge in [0, 0.05) is 53.3 Å². The second-order valence-corrected chi connectivity index (χ2v) is 11.8. The Hall–Kier alpha value is -3.91. The third-order valence-electron chi connectivity index (χ3n) is 8.73. The number of nitrogens with one attached hydrogen (secondary N) is 1. The molecular weight excluding hydrogens is 558 g/mol. The molecule has 0 aliphatic carbocycles. The Balaban J connectivity index is 1.47. The topological polar surface area (TPSA) is 85.9 Å². The zero-order chi connectivity index (χ0) is 29.1. The number of nitriles is 1. The number of aromatic nitrogens is 4. The average Bonchev–Trinajstić information content (AvgIpc) is 3.40. The van der Waals surface area contributed by atoms with Crippen molar-refractivity contribution in [1.29, 1.82) is 5.26 Å². The van der Waals surface area contributed by atoms with Crippen molar-refractivity contribution in [1.82, 2.24) is 30.0 Å². The van der Waals surface area contributed by atoms with Crippen LogP contribution >= 0.6 is 11.6 Å². The van der Waals surface area contributed by atoms with Crippen molar-refractivity contribution in [2.45, 2.75) is 37.4 Å². The summed E-state index contributed by atoms with van der Waals surface area (Å²) < 4.78 is 33.4. The molecule has 2 fully saturated rings. The second-order valence-electron chi connectivity index (χ2n) is 11.4. The minimum absolute atomic E-state index is 0.0261. The summed E-state index contributed by atoms with van der Waals surface area (Å²) in [5.41, 5.74) is 1.84. The molecule has 42 heavy (non-hydrogen) atoms. The lowest BCUT2D eigenvalue weighted by molar-refractivity contribution is 0.246. The molecule has 2 aliphatic heterocycles. The zero-order valence-corrected chi connectivity index (χ0v) is 24.0. The third kappa shape index (κ3) is 4.26. The monoisotopic (exact) mass is 586 g/mol. The van der Waals surface area contributed by atoms with E-state index in [0.29, 0.717) is 40.1 Å². The standard InChI is InChI=1S/C31H29ClF2N8/c1-40(2)19-15-41(16-19)31-23-14-38-42(18-8-11-36-17(12-18)7-9-35)30(23)22-13-24(32)26(27(34)29(22)39-31)21-5-6-25(33)20-4-3-10-37-28(20)21/h3-6,10,13-14,17-19,36H,7-8,11-12,15-16H2,1-2H3/t17-,18?/m1/s1. The fraction of sp³-hybridized carbons (Fsp3) is 0.355. The highest BCUT2D eigenvalue weighted by Gasteiger charge is 2.34. The summed E-state index contributed by atoms with van der Waals surface area (Å²) >= 11 is 6.87. The van der Waals surface area contributed by atoms with Crippen LogP contribution in [0.2, 0.25) is 5.02 Å². The first-order valence-corrected chi connectivity index (χ1v) is 14.5. The Kier molecular flexibility index (Phi) is 6.69. The Bertz CT molecular complexity index is 1890. The van der Waals surface area contributed by atoms with Gasteiger partial charge in [0.25, 0.3) is 0 Å². The highest BCUT2D eigenvalue weighted by molar-refractivity contribution is 6.35. The van der Waals surface area contributed by atoms with Gasteiger partial charge in [-0.05, 0) is 63.8 Å². The Labute approximate surface area is 246 Å². The molecule has 8 nitrogen and oxygen atoms in total. The molecule has 11 heteroatoms. The number of nitrogens with zero attached hydrogens (tertiary/aromatic N) is 7. The number of likely N-dealkylation sites (N-methyl/N-ethyl adjacent to an activating group) is 1. The highest BCUT2D eigenvalue weighted by atomic mass is 35.5. The Morgan fingerprint density at radius 2 is 1.98 bits per heavy atom. The fourth-order valence-electron chi connectivity index (χ4n) is 6.39. The van der Waals surface area contributed by atoms with Crippen LogP contribution in [0.15, 0.2) is 42.7 Å². The molecular formula is C31H29ClF2N8. The molecule has 2 saturated heterocycles. The van der Waals surface area contributed by atoms with E-state index in [4.69, 9.17) is 21.7 Å². The molecule has 5 aromatic rings. The van der Waals surface area contributed by atoms with Crippen LogP contribution in [-0.2, 0) is 0 Å². The van der Waals surface area contributed by atoms with E-state index in [0.717, 1.165) is 43.4 Å². The van der Waals surface area contributed by atoms with Crippen molar-refractivity contribution in [3.8, 4) is 17.2 Å². The molecule has 214 valence electrons. The number of hydrogen-bond donors (Lipinski definition) is 1. The maximum Gasteiger partial charge on any atom is 0.158 e.